The molecule has 11 heteroatoms. The molecule has 2 rings (SSSR count). The Kier molecular flexibility index (Phi) is 10.3. The van der Waals surface area contributed by atoms with Gasteiger partial charge in [-0.25, -0.2) is 13.2 Å². The summed E-state index contributed by atoms with van der Waals surface area (Å²) < 4.78 is 30.1. The van der Waals surface area contributed by atoms with Crippen molar-refractivity contribution in [2.45, 2.75) is 39.5 Å². The third kappa shape index (κ3) is 10.0. The van der Waals surface area contributed by atoms with Gasteiger partial charge in [0.2, 0.25) is 5.91 Å². The molecule has 2 aromatic rings. The molecule has 2 N–H and O–H groups in total. The lowest BCUT2D eigenvalue weighted by Crippen LogP contribution is -2.45. The van der Waals surface area contributed by atoms with Gasteiger partial charge in [-0.2, -0.15) is 5.10 Å². The molecule has 1 unspecified atom stereocenters. The van der Waals surface area contributed by atoms with E-state index in [1.165, 1.54) is 6.20 Å². The molecule has 0 radical (unpaired) electrons. The van der Waals surface area contributed by atoms with Gasteiger partial charge in [0, 0.05) is 19.0 Å². The van der Waals surface area contributed by atoms with Crippen LogP contribution in [-0.4, -0.2) is 72.8 Å². The maximum Gasteiger partial charge on any atom is 0.408 e. The van der Waals surface area contributed by atoms with Crippen molar-refractivity contribution in [1.82, 2.24) is 20.0 Å². The molecule has 2 amide bonds. The molecule has 0 aliphatic heterocycles. The van der Waals surface area contributed by atoms with Gasteiger partial charge in [0.15, 0.2) is 0 Å². The van der Waals surface area contributed by atoms with Gasteiger partial charge in [-0.3, -0.25) is 9.48 Å². The molecule has 33 heavy (non-hydrogen) atoms. The first-order valence-electron chi connectivity index (χ1n) is 10.9. The second kappa shape index (κ2) is 12.9. The van der Waals surface area contributed by atoms with Crippen molar-refractivity contribution in [3.8, 4) is 0 Å². The molecule has 1 heterocycles. The van der Waals surface area contributed by atoms with Crippen LogP contribution in [0.4, 0.5) is 10.5 Å². The molecule has 0 aliphatic rings. The third-order valence-electron chi connectivity index (χ3n) is 5.04. The highest BCUT2D eigenvalue weighted by Crippen LogP contribution is 2.08. The van der Waals surface area contributed by atoms with Gasteiger partial charge in [0.1, 0.15) is 22.5 Å². The number of anilines is 1. The van der Waals surface area contributed by atoms with Crippen LogP contribution in [0.2, 0.25) is 0 Å². The van der Waals surface area contributed by atoms with E-state index in [0.717, 1.165) is 31.5 Å². The highest BCUT2D eigenvalue weighted by molar-refractivity contribution is 7.90. The smallest absolute Gasteiger partial charge is 0.408 e. The standard InChI is InChI=1S/C22H33N5O5S/c1-4-26(5-2)12-13-27-16-19(15-23-27)24-21(28)20(11-14-33(3,30)31)25-22(29)32-17-18-9-7-6-8-10-18/h6-10,15-16,20H,4-5,11-14,17H2,1-3H3,(H,24,28)(H,25,29). The molecule has 0 saturated carbocycles. The van der Waals surface area contributed by atoms with E-state index >= 15 is 0 Å². The summed E-state index contributed by atoms with van der Waals surface area (Å²) in [6.45, 7) is 7.59. The van der Waals surface area contributed by atoms with Crippen LogP contribution in [0.3, 0.4) is 0 Å². The van der Waals surface area contributed by atoms with Gasteiger partial charge in [0.05, 0.1) is 24.2 Å². The minimum Gasteiger partial charge on any atom is -0.445 e. The number of benzene rings is 1. The Morgan fingerprint density at radius 3 is 2.52 bits per heavy atom. The maximum atomic E-state index is 12.8. The molecular formula is C22H33N5O5S. The number of carbonyl (C=O) groups is 2. The fourth-order valence-corrected chi connectivity index (χ4v) is 3.74. The van der Waals surface area contributed by atoms with E-state index in [1.54, 1.807) is 23.0 Å². The quantitative estimate of drug-likeness (QED) is 0.450. The molecule has 1 atom stereocenters. The van der Waals surface area contributed by atoms with Crippen LogP contribution in [0.25, 0.3) is 0 Å². The van der Waals surface area contributed by atoms with Gasteiger partial charge in [-0.1, -0.05) is 44.2 Å². The number of rotatable bonds is 13. The Morgan fingerprint density at radius 1 is 1.18 bits per heavy atom. The van der Waals surface area contributed by atoms with Crippen LogP contribution < -0.4 is 10.6 Å². The van der Waals surface area contributed by atoms with Crippen LogP contribution in [0.15, 0.2) is 42.7 Å². The van der Waals surface area contributed by atoms with E-state index in [4.69, 9.17) is 4.74 Å². The average molecular weight is 480 g/mol. The predicted octanol–water partition coefficient (Wildman–Crippen LogP) is 1.89. The number of aromatic nitrogens is 2. The van der Waals surface area contributed by atoms with Gasteiger partial charge < -0.3 is 20.3 Å². The number of alkyl carbamates (subject to hydrolysis) is 1. The maximum absolute atomic E-state index is 12.8. The van der Waals surface area contributed by atoms with Crippen molar-refractivity contribution >= 4 is 27.5 Å². The SMILES string of the molecule is CCN(CC)CCn1cc(NC(=O)C(CCS(C)(=O)=O)NC(=O)OCc2ccccc2)cn1. The van der Waals surface area contributed by atoms with E-state index in [9.17, 15) is 18.0 Å². The van der Waals surface area contributed by atoms with Gasteiger partial charge in [-0.05, 0) is 25.1 Å². The molecule has 0 bridgehead atoms. The zero-order chi connectivity index (χ0) is 24.3. The number of nitrogens with one attached hydrogen (secondary N) is 2. The van der Waals surface area contributed by atoms with E-state index in [1.807, 2.05) is 18.2 Å². The first-order valence-corrected chi connectivity index (χ1v) is 13.0. The fraction of sp³-hybridized carbons (Fsp3) is 0.500. The summed E-state index contributed by atoms with van der Waals surface area (Å²) in [6, 6.07) is 8.02. The zero-order valence-corrected chi connectivity index (χ0v) is 20.2. The molecule has 0 spiro atoms. The van der Waals surface area contributed by atoms with Gasteiger partial charge >= 0.3 is 6.09 Å². The molecule has 182 valence electrons. The van der Waals surface area contributed by atoms with E-state index < -0.39 is 27.9 Å². The second-order valence-corrected chi connectivity index (χ2v) is 9.95. The van der Waals surface area contributed by atoms with Gasteiger partial charge in [0.25, 0.3) is 0 Å². The zero-order valence-electron chi connectivity index (χ0n) is 19.4. The number of amides is 2. The lowest BCUT2D eigenvalue weighted by molar-refractivity contribution is -0.118. The molecular weight excluding hydrogens is 446 g/mol. The first kappa shape index (κ1) is 26.3. The lowest BCUT2D eigenvalue weighted by atomic mass is 10.2. The van der Waals surface area contributed by atoms with Crippen LogP contribution in [0.1, 0.15) is 25.8 Å². The van der Waals surface area contributed by atoms with E-state index in [2.05, 4.69) is 34.5 Å². The summed E-state index contributed by atoms with van der Waals surface area (Å²) in [6.07, 6.45) is 3.41. The summed E-state index contributed by atoms with van der Waals surface area (Å²) in [4.78, 5) is 27.3. The van der Waals surface area contributed by atoms with Crippen molar-refractivity contribution in [3.05, 3.63) is 48.3 Å². The predicted molar refractivity (Wildman–Crippen MR) is 127 cm³/mol. The van der Waals surface area contributed by atoms with Crippen LogP contribution in [0.5, 0.6) is 0 Å². The number of hydrogen-bond donors (Lipinski definition) is 2. The lowest BCUT2D eigenvalue weighted by Gasteiger charge is -2.18. The topological polar surface area (TPSA) is 123 Å². The summed E-state index contributed by atoms with van der Waals surface area (Å²) in [5, 5.41) is 9.41. The van der Waals surface area contributed by atoms with Crippen LogP contribution >= 0.6 is 0 Å². The van der Waals surface area contributed by atoms with Crippen molar-refractivity contribution < 1.29 is 22.7 Å². The van der Waals surface area contributed by atoms with Crippen molar-refractivity contribution in [3.63, 3.8) is 0 Å². The summed E-state index contributed by atoms with van der Waals surface area (Å²) in [5.41, 5.74) is 1.25. The molecule has 0 saturated heterocycles. The second-order valence-electron chi connectivity index (χ2n) is 7.69. The van der Waals surface area contributed by atoms with E-state index in [0.29, 0.717) is 12.2 Å². The third-order valence-corrected chi connectivity index (χ3v) is 6.02. The Labute approximate surface area is 195 Å². The van der Waals surface area contributed by atoms with Crippen molar-refractivity contribution in [2.75, 3.05) is 37.0 Å². The monoisotopic (exact) mass is 479 g/mol. The summed E-state index contributed by atoms with van der Waals surface area (Å²) >= 11 is 0. The van der Waals surface area contributed by atoms with Crippen molar-refractivity contribution in [1.29, 1.82) is 0 Å². The minimum absolute atomic E-state index is 0.0341. The molecule has 1 aromatic heterocycles. The normalized spacial score (nSPS) is 12.4. The average Bonchev–Trinajstić information content (AvgIpc) is 3.23. The molecule has 0 fully saturated rings. The number of ether oxygens (including phenoxy) is 1. The first-order chi connectivity index (χ1) is 15.7. The highest BCUT2D eigenvalue weighted by Gasteiger charge is 2.23. The van der Waals surface area contributed by atoms with Crippen LogP contribution in [-0.2, 0) is 32.5 Å². The Morgan fingerprint density at radius 2 is 1.88 bits per heavy atom. The number of nitrogens with zero attached hydrogens (tertiary/aromatic N) is 3. The number of carbonyl (C=O) groups excluding carboxylic acids is 2. The number of likely N-dealkylation sites (N-methyl/N-ethyl adjacent to an activating group) is 1. The van der Waals surface area contributed by atoms with Crippen LogP contribution in [0, 0.1) is 0 Å². The number of sulfone groups is 1. The van der Waals surface area contributed by atoms with Crippen molar-refractivity contribution in [2.24, 2.45) is 0 Å². The molecule has 0 aliphatic carbocycles. The largest absolute Gasteiger partial charge is 0.445 e. The molecule has 10 nitrogen and oxygen atoms in total. The minimum atomic E-state index is -3.33. The Balaban J connectivity index is 1.96. The Bertz CT molecular complexity index is 990. The van der Waals surface area contributed by atoms with Gasteiger partial charge in [-0.15, -0.1) is 0 Å². The van der Waals surface area contributed by atoms with E-state index in [-0.39, 0.29) is 18.8 Å². The summed E-state index contributed by atoms with van der Waals surface area (Å²) in [7, 11) is -3.33. The highest BCUT2D eigenvalue weighted by atomic mass is 32.2. The summed E-state index contributed by atoms with van der Waals surface area (Å²) in [5.74, 6) is -0.800. The molecule has 1 aromatic carbocycles. The Hall–Kier alpha value is -2.92. The number of hydrogen-bond acceptors (Lipinski definition) is 7. The fourth-order valence-electron chi connectivity index (χ4n) is 3.07.